The Bertz CT molecular complexity index is 848. The van der Waals surface area contributed by atoms with Gasteiger partial charge in [0.25, 0.3) is 0 Å². The number of rotatable bonds is 30. The van der Waals surface area contributed by atoms with Crippen LogP contribution in [0.25, 0.3) is 0 Å². The van der Waals surface area contributed by atoms with Crippen molar-refractivity contribution in [3.05, 3.63) is 36.5 Å². The number of carbonyl (C=O) groups is 1. The molecule has 0 saturated carbocycles. The number of aliphatic hydroxyl groups excluding tert-OH is 5. The Hall–Kier alpha value is -1.59. The average molecular weight is 682 g/mol. The van der Waals surface area contributed by atoms with Crippen LogP contribution in [0, 0.1) is 0 Å². The molecule has 0 spiro atoms. The molecule has 7 unspecified atom stereocenters. The van der Waals surface area contributed by atoms with Gasteiger partial charge in [-0.1, -0.05) is 121 Å². The van der Waals surface area contributed by atoms with E-state index >= 15 is 0 Å². The number of unbranched alkanes of at least 4 members (excludes halogenated alkanes) is 16. The number of nitrogens with one attached hydrogen (secondary N) is 1. The largest absolute Gasteiger partial charge is 0.394 e. The molecule has 9 heteroatoms. The maximum Gasteiger partial charge on any atom is 0.220 e. The van der Waals surface area contributed by atoms with Gasteiger partial charge in [-0.15, -0.1) is 0 Å². The summed E-state index contributed by atoms with van der Waals surface area (Å²) in [6, 6.07) is -0.821. The molecule has 280 valence electrons. The molecule has 1 rings (SSSR count). The summed E-state index contributed by atoms with van der Waals surface area (Å²) < 4.78 is 11.1. The topological polar surface area (TPSA) is 149 Å². The molecule has 0 radical (unpaired) electrons. The summed E-state index contributed by atoms with van der Waals surface area (Å²) in [6.07, 6.45) is 27.6. The van der Waals surface area contributed by atoms with E-state index in [1.165, 1.54) is 70.6 Å². The highest BCUT2D eigenvalue weighted by Crippen LogP contribution is 2.22. The van der Waals surface area contributed by atoms with E-state index in [1.807, 2.05) is 6.08 Å². The number of amides is 1. The summed E-state index contributed by atoms with van der Waals surface area (Å²) in [5.41, 5.74) is 0. The van der Waals surface area contributed by atoms with Gasteiger partial charge in [0.1, 0.15) is 24.4 Å². The van der Waals surface area contributed by atoms with E-state index in [0.717, 1.165) is 57.8 Å². The predicted octanol–water partition coefficient (Wildman–Crippen LogP) is 6.55. The van der Waals surface area contributed by atoms with Crippen LogP contribution in [0.15, 0.2) is 36.5 Å². The lowest BCUT2D eigenvalue weighted by Gasteiger charge is -2.40. The molecule has 1 saturated heterocycles. The van der Waals surface area contributed by atoms with Crippen molar-refractivity contribution in [3.63, 3.8) is 0 Å². The van der Waals surface area contributed by atoms with Crippen LogP contribution in [0.2, 0.25) is 0 Å². The number of carbonyl (C=O) groups excluding carboxylic acids is 1. The minimum atomic E-state index is -1.57. The summed E-state index contributed by atoms with van der Waals surface area (Å²) in [4.78, 5) is 12.8. The van der Waals surface area contributed by atoms with E-state index in [-0.39, 0.29) is 12.5 Å². The molecule has 0 aromatic carbocycles. The van der Waals surface area contributed by atoms with Gasteiger partial charge in [0.15, 0.2) is 6.29 Å². The fraction of sp³-hybridized carbons (Fsp3) is 0.821. The highest BCUT2D eigenvalue weighted by Gasteiger charge is 2.44. The van der Waals surface area contributed by atoms with Gasteiger partial charge in [0.05, 0.1) is 25.4 Å². The Morgan fingerprint density at radius 2 is 1.19 bits per heavy atom. The number of hydrogen-bond acceptors (Lipinski definition) is 8. The minimum Gasteiger partial charge on any atom is -0.394 e. The van der Waals surface area contributed by atoms with Crippen LogP contribution in [0.4, 0.5) is 0 Å². The normalized spacial score (nSPS) is 23.0. The molecule has 1 aliphatic rings. The smallest absolute Gasteiger partial charge is 0.220 e. The van der Waals surface area contributed by atoms with Gasteiger partial charge in [0, 0.05) is 6.42 Å². The highest BCUT2D eigenvalue weighted by molar-refractivity contribution is 5.76. The van der Waals surface area contributed by atoms with Gasteiger partial charge >= 0.3 is 0 Å². The van der Waals surface area contributed by atoms with Crippen molar-refractivity contribution < 1.29 is 39.8 Å². The summed E-state index contributed by atoms with van der Waals surface area (Å²) >= 11 is 0. The second kappa shape index (κ2) is 30.3. The van der Waals surface area contributed by atoms with Gasteiger partial charge in [-0.05, 0) is 57.8 Å². The van der Waals surface area contributed by atoms with E-state index < -0.39 is 49.5 Å². The molecule has 48 heavy (non-hydrogen) atoms. The van der Waals surface area contributed by atoms with Crippen LogP contribution in [-0.2, 0) is 14.3 Å². The number of aliphatic hydroxyl groups is 5. The van der Waals surface area contributed by atoms with Crippen molar-refractivity contribution in [1.29, 1.82) is 0 Å². The first kappa shape index (κ1) is 44.4. The van der Waals surface area contributed by atoms with E-state index in [2.05, 4.69) is 43.5 Å². The number of ether oxygens (including phenoxy) is 2. The zero-order valence-corrected chi connectivity index (χ0v) is 30.2. The second-order valence-corrected chi connectivity index (χ2v) is 13.4. The lowest BCUT2D eigenvalue weighted by atomic mass is 9.99. The summed E-state index contributed by atoms with van der Waals surface area (Å²) in [5, 5.41) is 53.8. The molecular formula is C39H71NO8. The Balaban J connectivity index is 2.46. The molecule has 6 N–H and O–H groups in total. The van der Waals surface area contributed by atoms with Crippen molar-refractivity contribution in [3.8, 4) is 0 Å². The van der Waals surface area contributed by atoms with Crippen LogP contribution in [-0.4, -0.2) is 87.5 Å². The van der Waals surface area contributed by atoms with E-state index in [1.54, 1.807) is 6.08 Å². The quantitative estimate of drug-likeness (QED) is 0.0370. The van der Waals surface area contributed by atoms with Crippen LogP contribution in [0.5, 0.6) is 0 Å². The van der Waals surface area contributed by atoms with Crippen LogP contribution in [0.3, 0.4) is 0 Å². The fourth-order valence-corrected chi connectivity index (χ4v) is 5.75. The predicted molar refractivity (Wildman–Crippen MR) is 193 cm³/mol. The maximum absolute atomic E-state index is 12.8. The molecule has 1 aliphatic heterocycles. The monoisotopic (exact) mass is 682 g/mol. The lowest BCUT2D eigenvalue weighted by Crippen LogP contribution is -2.60. The Morgan fingerprint density at radius 1 is 0.688 bits per heavy atom. The zero-order valence-electron chi connectivity index (χ0n) is 30.2. The van der Waals surface area contributed by atoms with Gasteiger partial charge in [0.2, 0.25) is 5.91 Å². The second-order valence-electron chi connectivity index (χ2n) is 13.4. The molecule has 0 bridgehead atoms. The number of hydrogen-bond donors (Lipinski definition) is 6. The molecule has 7 atom stereocenters. The van der Waals surface area contributed by atoms with Crippen LogP contribution < -0.4 is 5.32 Å². The van der Waals surface area contributed by atoms with Crippen LogP contribution in [0.1, 0.15) is 149 Å². The summed E-state index contributed by atoms with van der Waals surface area (Å²) in [7, 11) is 0. The molecule has 9 nitrogen and oxygen atoms in total. The van der Waals surface area contributed by atoms with Crippen molar-refractivity contribution in [2.24, 2.45) is 0 Å². The third-order valence-electron chi connectivity index (χ3n) is 8.94. The van der Waals surface area contributed by atoms with Gasteiger partial charge < -0.3 is 40.3 Å². The summed E-state index contributed by atoms with van der Waals surface area (Å²) in [5.74, 6) is -0.200. The van der Waals surface area contributed by atoms with Gasteiger partial charge in [-0.25, -0.2) is 0 Å². The SMILES string of the molecule is CCCCCC/C=C/CC/C=C/C(O)C(COC1OC(CO)C(O)C(O)C1O)NC(=O)CCCCCCC/C=C\CCCCCCCC. The Kier molecular flexibility index (Phi) is 28.0. The molecule has 0 aromatic heterocycles. The van der Waals surface area contributed by atoms with Crippen molar-refractivity contribution in [2.45, 2.75) is 192 Å². The molecule has 1 fully saturated rings. The van der Waals surface area contributed by atoms with E-state index in [9.17, 15) is 30.3 Å². The number of allylic oxidation sites excluding steroid dienone is 5. The lowest BCUT2D eigenvalue weighted by molar-refractivity contribution is -0.302. The maximum atomic E-state index is 12.8. The molecule has 0 aromatic rings. The van der Waals surface area contributed by atoms with E-state index in [0.29, 0.717) is 6.42 Å². The first-order valence-corrected chi connectivity index (χ1v) is 19.2. The Labute approximate surface area is 291 Å². The first-order valence-electron chi connectivity index (χ1n) is 19.2. The van der Waals surface area contributed by atoms with Crippen molar-refractivity contribution >= 4 is 5.91 Å². The molecule has 0 aliphatic carbocycles. The highest BCUT2D eigenvalue weighted by atomic mass is 16.7. The van der Waals surface area contributed by atoms with Crippen LogP contribution >= 0.6 is 0 Å². The third kappa shape index (κ3) is 21.5. The van der Waals surface area contributed by atoms with E-state index in [4.69, 9.17) is 9.47 Å². The van der Waals surface area contributed by atoms with Crippen molar-refractivity contribution in [1.82, 2.24) is 5.32 Å². The van der Waals surface area contributed by atoms with Gasteiger partial charge in [-0.2, -0.15) is 0 Å². The molecule has 1 heterocycles. The molecule has 1 amide bonds. The first-order chi connectivity index (χ1) is 23.3. The summed E-state index contributed by atoms with van der Waals surface area (Å²) in [6.45, 7) is 3.67. The zero-order chi connectivity index (χ0) is 35.2. The Morgan fingerprint density at radius 3 is 1.77 bits per heavy atom. The average Bonchev–Trinajstić information content (AvgIpc) is 3.08. The van der Waals surface area contributed by atoms with Crippen molar-refractivity contribution in [2.75, 3.05) is 13.2 Å². The standard InChI is InChI=1S/C39H71NO8/c1-3-5-7-9-11-13-15-16-17-18-19-21-23-25-27-29-35(43)40-32(31-47-39-38(46)37(45)36(44)34(30-41)48-39)33(42)28-26-24-22-20-14-12-10-8-6-4-2/h14,16-17,20,26,28,32-34,36-39,41-42,44-46H,3-13,15,18-19,21-25,27,29-31H2,1-2H3,(H,40,43)/b17-16-,20-14+,28-26+. The third-order valence-corrected chi connectivity index (χ3v) is 8.94. The fourth-order valence-electron chi connectivity index (χ4n) is 5.75. The van der Waals surface area contributed by atoms with Gasteiger partial charge in [-0.3, -0.25) is 4.79 Å². The molecular weight excluding hydrogens is 610 g/mol. The minimum absolute atomic E-state index is 0.200.